The highest BCUT2D eigenvalue weighted by molar-refractivity contribution is 8.00. The monoisotopic (exact) mass is 491 g/mol. The van der Waals surface area contributed by atoms with Crippen molar-refractivity contribution in [3.63, 3.8) is 0 Å². The molecule has 32 heavy (non-hydrogen) atoms. The van der Waals surface area contributed by atoms with Crippen molar-refractivity contribution in [2.24, 2.45) is 7.05 Å². The molecule has 2 N–H and O–H groups in total. The van der Waals surface area contributed by atoms with Gasteiger partial charge < -0.3 is 15.2 Å². The van der Waals surface area contributed by atoms with Crippen molar-refractivity contribution in [3.05, 3.63) is 35.4 Å². The third-order valence-electron chi connectivity index (χ3n) is 4.85. The van der Waals surface area contributed by atoms with Gasteiger partial charge in [0.2, 0.25) is 11.8 Å². The van der Waals surface area contributed by atoms with Crippen LogP contribution in [0.3, 0.4) is 0 Å². The zero-order valence-corrected chi connectivity index (χ0v) is 18.7. The van der Waals surface area contributed by atoms with Crippen LogP contribution in [-0.4, -0.2) is 58.3 Å². The number of sulfone groups is 1. The van der Waals surface area contributed by atoms with E-state index in [4.69, 9.17) is 0 Å². The van der Waals surface area contributed by atoms with E-state index in [2.05, 4.69) is 20.8 Å². The maximum Gasteiger partial charge on any atom is 0.243 e. The zero-order valence-electron chi connectivity index (χ0n) is 17.1. The summed E-state index contributed by atoms with van der Waals surface area (Å²) in [4.78, 5) is 24.2. The van der Waals surface area contributed by atoms with E-state index in [1.807, 2.05) is 0 Å². The molecule has 174 valence electrons. The molecule has 2 heterocycles. The number of carbonyl (C=O) groups is 2. The lowest BCUT2D eigenvalue weighted by atomic mass is 10.1. The minimum Gasteiger partial charge on any atom is -0.346 e. The second-order valence-corrected chi connectivity index (χ2v) is 10.8. The third kappa shape index (κ3) is 5.41. The van der Waals surface area contributed by atoms with Crippen LogP contribution >= 0.6 is 11.8 Å². The van der Waals surface area contributed by atoms with Gasteiger partial charge in [-0.05, 0) is 25.5 Å². The van der Waals surface area contributed by atoms with Crippen LogP contribution in [0.5, 0.6) is 0 Å². The third-order valence-corrected chi connectivity index (χ3v) is 7.75. The normalized spacial score (nSPS) is 18.3. The summed E-state index contributed by atoms with van der Waals surface area (Å²) in [5, 5.41) is 12.2. The molecule has 0 bridgehead atoms. The summed E-state index contributed by atoms with van der Waals surface area (Å²) in [5.74, 6) is -5.62. The summed E-state index contributed by atoms with van der Waals surface area (Å²) in [6.45, 7) is 1.05. The van der Waals surface area contributed by atoms with E-state index in [9.17, 15) is 31.2 Å². The lowest BCUT2D eigenvalue weighted by Crippen LogP contribution is -2.37. The van der Waals surface area contributed by atoms with E-state index >= 15 is 0 Å². The molecule has 2 aromatic rings. The van der Waals surface area contributed by atoms with Crippen molar-refractivity contribution in [2.45, 2.75) is 29.7 Å². The lowest BCUT2D eigenvalue weighted by molar-refractivity contribution is -0.123. The molecule has 0 spiro atoms. The van der Waals surface area contributed by atoms with Gasteiger partial charge >= 0.3 is 0 Å². The van der Waals surface area contributed by atoms with Crippen molar-refractivity contribution in [2.75, 3.05) is 23.4 Å². The number of hydrogen-bond acceptors (Lipinski definition) is 7. The molecule has 0 aliphatic carbocycles. The topological polar surface area (TPSA) is 123 Å². The van der Waals surface area contributed by atoms with Crippen molar-refractivity contribution in [3.8, 4) is 0 Å². The van der Waals surface area contributed by atoms with Crippen LogP contribution in [0, 0.1) is 17.5 Å². The quantitative estimate of drug-likeness (QED) is 0.443. The number of halogens is 3. The molecule has 2 amide bonds. The Labute approximate surface area is 186 Å². The standard InChI is InChI=1S/C18H20F3N5O4S2/c1-9(31-18-25-24-16(26(18)2)10-5-6-32(29,30)8-10)17(28)22-7-13(27)23-12-4-3-11(19)14(20)15(12)21/h3-4,9-10H,5-8H2,1-2H3,(H,22,28)(H,23,27)/t9-,10-/m0/s1. The van der Waals surface area contributed by atoms with Crippen molar-refractivity contribution in [1.29, 1.82) is 0 Å². The number of aromatic nitrogens is 3. The molecule has 1 aliphatic heterocycles. The molecule has 14 heteroatoms. The summed E-state index contributed by atoms with van der Waals surface area (Å²) >= 11 is 1.06. The van der Waals surface area contributed by atoms with Crippen molar-refractivity contribution >= 4 is 39.1 Å². The fraction of sp³-hybridized carbons (Fsp3) is 0.444. The van der Waals surface area contributed by atoms with Gasteiger partial charge in [0, 0.05) is 13.0 Å². The van der Waals surface area contributed by atoms with Crippen LogP contribution in [0.2, 0.25) is 0 Å². The van der Waals surface area contributed by atoms with Gasteiger partial charge in [0.05, 0.1) is 29.0 Å². The Hall–Kier alpha value is -2.61. The number of hydrogen-bond donors (Lipinski definition) is 2. The number of rotatable bonds is 7. The summed E-state index contributed by atoms with van der Waals surface area (Å²) < 4.78 is 64.8. The molecule has 2 atom stereocenters. The Kier molecular flexibility index (Phi) is 7.12. The first-order chi connectivity index (χ1) is 15.0. The molecule has 0 saturated carbocycles. The van der Waals surface area contributed by atoms with Crippen LogP contribution < -0.4 is 10.6 Å². The van der Waals surface area contributed by atoms with Gasteiger partial charge in [-0.2, -0.15) is 0 Å². The fourth-order valence-corrected chi connectivity index (χ4v) is 5.71. The smallest absolute Gasteiger partial charge is 0.243 e. The summed E-state index contributed by atoms with van der Waals surface area (Å²) in [7, 11) is -1.41. The fourth-order valence-electron chi connectivity index (χ4n) is 3.12. The number of thioether (sulfide) groups is 1. The molecule has 0 radical (unpaired) electrons. The highest BCUT2D eigenvalue weighted by atomic mass is 32.2. The molecular formula is C18H20F3N5O4S2. The van der Waals surface area contributed by atoms with E-state index in [-0.39, 0.29) is 17.4 Å². The predicted octanol–water partition coefficient (Wildman–Crippen LogP) is 1.37. The highest BCUT2D eigenvalue weighted by Gasteiger charge is 2.33. The second kappa shape index (κ2) is 9.48. The molecule has 1 aromatic heterocycles. The maximum atomic E-state index is 13.6. The molecule has 1 aromatic carbocycles. The average Bonchev–Trinajstić information content (AvgIpc) is 3.28. The highest BCUT2D eigenvalue weighted by Crippen LogP contribution is 2.30. The molecule has 9 nitrogen and oxygen atoms in total. The van der Waals surface area contributed by atoms with Crippen LogP contribution in [0.25, 0.3) is 0 Å². The van der Waals surface area contributed by atoms with Crippen molar-refractivity contribution < 1.29 is 31.2 Å². The largest absolute Gasteiger partial charge is 0.346 e. The zero-order chi connectivity index (χ0) is 23.6. The number of amides is 2. The summed E-state index contributed by atoms with van der Waals surface area (Å²) in [6.07, 6.45) is 0.461. The Morgan fingerprint density at radius 1 is 1.25 bits per heavy atom. The van der Waals surface area contributed by atoms with Crippen molar-refractivity contribution in [1.82, 2.24) is 20.1 Å². The SMILES string of the molecule is C[C@H](Sc1nnc([C@H]2CCS(=O)(=O)C2)n1C)C(=O)NCC(=O)Nc1ccc(F)c(F)c1F. The summed E-state index contributed by atoms with van der Waals surface area (Å²) in [5.41, 5.74) is -0.550. The number of anilines is 1. The number of benzene rings is 1. The summed E-state index contributed by atoms with van der Waals surface area (Å²) in [6, 6.07) is 1.54. The number of carbonyl (C=O) groups excluding carboxylic acids is 2. The molecule has 1 fully saturated rings. The van der Waals surface area contributed by atoms with Crippen LogP contribution in [-0.2, 0) is 26.5 Å². The van der Waals surface area contributed by atoms with Gasteiger partial charge in [0.1, 0.15) is 5.82 Å². The Bertz CT molecular complexity index is 1160. The van der Waals surface area contributed by atoms with E-state index in [1.165, 1.54) is 0 Å². The molecule has 1 aliphatic rings. The minimum atomic E-state index is -3.09. The van der Waals surface area contributed by atoms with Gasteiger partial charge in [-0.25, -0.2) is 21.6 Å². The van der Waals surface area contributed by atoms with Gasteiger partial charge in [-0.15, -0.1) is 10.2 Å². The van der Waals surface area contributed by atoms with Crippen LogP contribution in [0.4, 0.5) is 18.9 Å². The van der Waals surface area contributed by atoms with Crippen LogP contribution in [0.15, 0.2) is 17.3 Å². The molecule has 3 rings (SSSR count). The predicted molar refractivity (Wildman–Crippen MR) is 110 cm³/mol. The average molecular weight is 492 g/mol. The lowest BCUT2D eigenvalue weighted by Gasteiger charge is -2.13. The Balaban J connectivity index is 1.53. The number of nitrogens with one attached hydrogen (secondary N) is 2. The van der Waals surface area contributed by atoms with Gasteiger partial charge in [0.25, 0.3) is 0 Å². The van der Waals surface area contributed by atoms with E-state index < -0.39 is 56.6 Å². The maximum absolute atomic E-state index is 13.6. The first-order valence-corrected chi connectivity index (χ1v) is 12.2. The second-order valence-electron chi connectivity index (χ2n) is 7.25. The van der Waals surface area contributed by atoms with Gasteiger partial charge in [-0.3, -0.25) is 9.59 Å². The Morgan fingerprint density at radius 3 is 2.62 bits per heavy atom. The van der Waals surface area contributed by atoms with Gasteiger partial charge in [-0.1, -0.05) is 11.8 Å². The minimum absolute atomic E-state index is 0.00728. The van der Waals surface area contributed by atoms with Gasteiger partial charge in [0.15, 0.2) is 32.4 Å². The molecule has 1 saturated heterocycles. The Morgan fingerprint density at radius 2 is 1.97 bits per heavy atom. The first-order valence-electron chi connectivity index (χ1n) is 9.46. The molecule has 0 unspecified atom stereocenters. The van der Waals surface area contributed by atoms with E-state index in [0.29, 0.717) is 23.5 Å². The van der Waals surface area contributed by atoms with E-state index in [0.717, 1.165) is 17.8 Å². The van der Waals surface area contributed by atoms with E-state index in [1.54, 1.807) is 18.5 Å². The number of nitrogens with zero attached hydrogens (tertiary/aromatic N) is 3. The molecular weight excluding hydrogens is 471 g/mol. The first kappa shape index (κ1) is 24.0. The van der Waals surface area contributed by atoms with Crippen LogP contribution in [0.1, 0.15) is 25.1 Å².